The Kier molecular flexibility index (Phi) is 8.27. The lowest BCUT2D eigenvalue weighted by Crippen LogP contribution is -2.68. The van der Waals surface area contributed by atoms with Crippen molar-refractivity contribution in [2.75, 3.05) is 0 Å². The van der Waals surface area contributed by atoms with Gasteiger partial charge in [0.1, 0.15) is 0 Å². The number of carbonyl (C=O) groups excluding carboxylic acids is 1. The van der Waals surface area contributed by atoms with Crippen molar-refractivity contribution in [2.24, 2.45) is 5.16 Å². The van der Waals surface area contributed by atoms with E-state index in [-0.39, 0.29) is 0 Å². The minimum atomic E-state index is -8.08. The fourth-order valence-corrected chi connectivity index (χ4v) is 1.34. The SMILES string of the molecule is CC(C)=NOC(=O)[C@@](F)(OC(F)(F)[C@@](F)(OC(F)(F)C(F)(F)C(F)(F)F)C(F)(F)F)C(F)(F)F. The second-order valence-electron chi connectivity index (χ2n) is 5.91. The molecule has 22 heteroatoms. The van der Waals surface area contributed by atoms with Gasteiger partial charge in [-0.15, -0.1) is 0 Å². The summed E-state index contributed by atoms with van der Waals surface area (Å²) in [6, 6.07) is 0. The van der Waals surface area contributed by atoms with Crippen LogP contribution in [0.3, 0.4) is 0 Å². The molecule has 202 valence electrons. The highest BCUT2D eigenvalue weighted by Crippen LogP contribution is 2.56. The quantitative estimate of drug-likeness (QED) is 0.166. The van der Waals surface area contributed by atoms with E-state index in [0.717, 1.165) is 13.8 Å². The van der Waals surface area contributed by atoms with Crippen LogP contribution in [0.25, 0.3) is 0 Å². The van der Waals surface area contributed by atoms with Crippen LogP contribution in [-0.4, -0.2) is 60.1 Å². The van der Waals surface area contributed by atoms with Crippen molar-refractivity contribution in [1.82, 2.24) is 0 Å². The molecular weight excluding hydrogens is 545 g/mol. The number of rotatable bonds is 8. The molecule has 0 aromatic carbocycles. The lowest BCUT2D eigenvalue weighted by atomic mass is 10.2. The monoisotopic (exact) mass is 551 g/mol. The Morgan fingerprint density at radius 2 is 1.00 bits per heavy atom. The first-order valence-corrected chi connectivity index (χ1v) is 7.34. The van der Waals surface area contributed by atoms with Gasteiger partial charge in [0.15, 0.2) is 0 Å². The standard InChI is InChI=1S/C12H6F17NO4/c1-3(2)30-32-4(31)5(13,8(17,18)19)33-12(28,29)7(16,10(23,24)25)34-11(26,27)6(14,15)9(20,21)22/h1-2H3/t5-,7+/m1/s1. The predicted octanol–water partition coefficient (Wildman–Crippen LogP) is 5.80. The average molecular weight is 551 g/mol. The Morgan fingerprint density at radius 1 is 0.588 bits per heavy atom. The van der Waals surface area contributed by atoms with Crippen molar-refractivity contribution < 1.29 is 93.7 Å². The van der Waals surface area contributed by atoms with Crippen molar-refractivity contribution in [3.05, 3.63) is 0 Å². The van der Waals surface area contributed by atoms with E-state index in [1.54, 1.807) is 4.74 Å². The minimum Gasteiger partial charge on any atom is -0.311 e. The molecule has 0 aliphatic heterocycles. The summed E-state index contributed by atoms with van der Waals surface area (Å²) in [5.74, 6) is -26.7. The van der Waals surface area contributed by atoms with E-state index in [9.17, 15) is 79.4 Å². The molecule has 0 spiro atoms. The second-order valence-corrected chi connectivity index (χ2v) is 5.91. The largest absolute Gasteiger partial charge is 0.462 e. The summed E-state index contributed by atoms with van der Waals surface area (Å²) < 4.78 is 222. The molecule has 0 saturated carbocycles. The lowest BCUT2D eigenvalue weighted by Gasteiger charge is -2.39. The Balaban J connectivity index is 6.75. The summed E-state index contributed by atoms with van der Waals surface area (Å²) in [6.45, 7) is 1.56. The van der Waals surface area contributed by atoms with Crippen molar-refractivity contribution in [1.29, 1.82) is 0 Å². The molecule has 0 saturated heterocycles. The highest BCUT2D eigenvalue weighted by molar-refractivity contribution is 5.82. The third-order valence-corrected chi connectivity index (χ3v) is 2.94. The smallest absolute Gasteiger partial charge is 0.311 e. The van der Waals surface area contributed by atoms with E-state index in [1.807, 2.05) is 0 Å². The number of ether oxygens (including phenoxy) is 2. The third kappa shape index (κ3) is 5.74. The molecule has 0 bridgehead atoms. The van der Waals surface area contributed by atoms with Crippen LogP contribution in [0.1, 0.15) is 13.8 Å². The minimum absolute atomic E-state index is 0.600. The normalized spacial score (nSPS) is 18.1. The van der Waals surface area contributed by atoms with Gasteiger partial charge in [-0.3, -0.25) is 9.47 Å². The second kappa shape index (κ2) is 8.82. The van der Waals surface area contributed by atoms with Crippen molar-refractivity contribution in [3.63, 3.8) is 0 Å². The molecular formula is C12H6F17NO4. The average Bonchev–Trinajstić information content (AvgIpc) is 2.55. The van der Waals surface area contributed by atoms with E-state index in [1.165, 1.54) is 4.74 Å². The molecule has 0 radical (unpaired) electrons. The number of hydrogen-bond acceptors (Lipinski definition) is 5. The molecule has 0 heterocycles. The molecule has 0 fully saturated rings. The molecule has 5 nitrogen and oxygen atoms in total. The van der Waals surface area contributed by atoms with E-state index in [0.29, 0.717) is 0 Å². The van der Waals surface area contributed by atoms with Crippen LogP contribution in [0.5, 0.6) is 0 Å². The van der Waals surface area contributed by atoms with Gasteiger partial charge in [0.05, 0.1) is 5.71 Å². The van der Waals surface area contributed by atoms with Gasteiger partial charge in [0.2, 0.25) is 0 Å². The Bertz CT molecular complexity index is 781. The van der Waals surface area contributed by atoms with Gasteiger partial charge in [-0.25, -0.2) is 4.79 Å². The summed E-state index contributed by atoms with van der Waals surface area (Å²) in [7, 11) is 0. The van der Waals surface area contributed by atoms with Crippen LogP contribution in [-0.2, 0) is 19.1 Å². The Morgan fingerprint density at radius 3 is 1.29 bits per heavy atom. The number of oxime groups is 1. The fraction of sp³-hybridized carbons (Fsp3) is 0.833. The summed E-state index contributed by atoms with van der Waals surface area (Å²) in [6.07, 6.45) is -38.7. The highest BCUT2D eigenvalue weighted by atomic mass is 19.4. The molecule has 2 atom stereocenters. The number of halogens is 17. The maximum absolute atomic E-state index is 13.9. The molecule has 0 aromatic rings. The molecule has 0 aliphatic carbocycles. The summed E-state index contributed by atoms with van der Waals surface area (Å²) in [5, 5.41) is 2.27. The topological polar surface area (TPSA) is 57.1 Å². The maximum Gasteiger partial charge on any atom is 0.462 e. The Hall–Kier alpha value is -2.13. The molecule has 0 aliphatic rings. The zero-order chi connectivity index (χ0) is 28.0. The van der Waals surface area contributed by atoms with Crippen LogP contribution in [0.15, 0.2) is 5.16 Å². The van der Waals surface area contributed by atoms with Crippen molar-refractivity contribution in [2.45, 2.75) is 62.2 Å². The first-order valence-electron chi connectivity index (χ1n) is 7.34. The van der Waals surface area contributed by atoms with Crippen LogP contribution in [0.4, 0.5) is 74.6 Å². The summed E-state index contributed by atoms with van der Waals surface area (Å²) >= 11 is 0. The van der Waals surface area contributed by atoms with Crippen LogP contribution >= 0.6 is 0 Å². The van der Waals surface area contributed by atoms with E-state index in [2.05, 4.69) is 9.99 Å². The molecule has 0 aromatic heterocycles. The maximum atomic E-state index is 13.9. The first-order chi connectivity index (χ1) is 14.5. The van der Waals surface area contributed by atoms with Gasteiger partial charge in [-0.05, 0) is 13.8 Å². The highest BCUT2D eigenvalue weighted by Gasteiger charge is 2.85. The molecule has 0 N–H and O–H groups in total. The zero-order valence-corrected chi connectivity index (χ0v) is 15.5. The number of nitrogens with zero attached hydrogens (tertiary/aromatic N) is 1. The molecule has 0 amide bonds. The molecule has 0 rings (SSSR count). The van der Waals surface area contributed by atoms with Crippen LogP contribution in [0.2, 0.25) is 0 Å². The van der Waals surface area contributed by atoms with Gasteiger partial charge in [-0.2, -0.15) is 74.6 Å². The van der Waals surface area contributed by atoms with Gasteiger partial charge in [0, 0.05) is 0 Å². The molecule has 0 unspecified atom stereocenters. The first kappa shape index (κ1) is 31.9. The summed E-state index contributed by atoms with van der Waals surface area (Å²) in [4.78, 5) is 14.2. The number of carbonyl (C=O) groups is 1. The fourth-order valence-electron chi connectivity index (χ4n) is 1.34. The number of hydrogen-bond donors (Lipinski definition) is 0. The zero-order valence-electron chi connectivity index (χ0n) is 15.5. The van der Waals surface area contributed by atoms with Gasteiger partial charge in [0.25, 0.3) is 0 Å². The van der Waals surface area contributed by atoms with Gasteiger partial charge < -0.3 is 4.84 Å². The summed E-state index contributed by atoms with van der Waals surface area (Å²) in [5.41, 5.74) is -0.600. The lowest BCUT2D eigenvalue weighted by molar-refractivity contribution is -0.548. The van der Waals surface area contributed by atoms with E-state index >= 15 is 0 Å². The molecule has 34 heavy (non-hydrogen) atoms. The van der Waals surface area contributed by atoms with Crippen molar-refractivity contribution in [3.8, 4) is 0 Å². The third-order valence-electron chi connectivity index (χ3n) is 2.94. The Labute approximate surface area is 174 Å². The van der Waals surface area contributed by atoms with Crippen LogP contribution in [0, 0.1) is 0 Å². The van der Waals surface area contributed by atoms with Gasteiger partial charge >= 0.3 is 54.3 Å². The van der Waals surface area contributed by atoms with E-state index < -0.39 is 60.1 Å². The predicted molar refractivity (Wildman–Crippen MR) is 67.7 cm³/mol. The van der Waals surface area contributed by atoms with Gasteiger partial charge in [-0.1, -0.05) is 5.16 Å². The van der Waals surface area contributed by atoms with Crippen LogP contribution < -0.4 is 0 Å². The van der Waals surface area contributed by atoms with E-state index in [4.69, 9.17) is 0 Å². The van der Waals surface area contributed by atoms with Crippen molar-refractivity contribution >= 4 is 11.7 Å². The number of alkyl halides is 17.